The molecular weight excluding hydrogens is 386 g/mol. The van der Waals surface area contributed by atoms with Crippen molar-refractivity contribution in [2.24, 2.45) is 11.7 Å². The lowest BCUT2D eigenvalue weighted by Crippen LogP contribution is -2.38. The molecule has 0 spiro atoms. The van der Waals surface area contributed by atoms with Crippen LogP contribution < -0.4 is 5.73 Å². The molecule has 0 unspecified atom stereocenters. The number of nitrogens with zero attached hydrogens (tertiary/aromatic N) is 2. The summed E-state index contributed by atoms with van der Waals surface area (Å²) in [6.45, 7) is 7.59. The number of hydrogen-bond donors (Lipinski definition) is 2. The normalized spacial score (nSPS) is 15.1. The van der Waals surface area contributed by atoms with Crippen LogP contribution >= 0.6 is 24.0 Å². The Morgan fingerprint density at radius 2 is 1.89 bits per heavy atom. The molecular formula is C22H23N3OS2. The molecule has 0 radical (unpaired) electrons. The molecule has 1 fully saturated rings. The van der Waals surface area contributed by atoms with E-state index in [1.54, 1.807) is 0 Å². The fraction of sp³-hybridized carbons (Fsp3) is 0.273. The monoisotopic (exact) mass is 409 g/mol. The number of likely N-dealkylation sites (tertiary alicyclic amines) is 1. The largest absolute Gasteiger partial charge is 0.397 e. The third-order valence-electron chi connectivity index (χ3n) is 5.32. The third-order valence-corrected chi connectivity index (χ3v) is 6.88. The first kappa shape index (κ1) is 19.0. The number of fused-ring (bicyclic) bond motifs is 1. The van der Waals surface area contributed by atoms with E-state index in [0.717, 1.165) is 52.0 Å². The summed E-state index contributed by atoms with van der Waals surface area (Å²) in [6, 6.07) is 12.1. The zero-order chi connectivity index (χ0) is 19.8. The number of rotatable bonds is 3. The van der Waals surface area contributed by atoms with Gasteiger partial charge in [0.1, 0.15) is 10.7 Å². The van der Waals surface area contributed by atoms with E-state index in [1.807, 2.05) is 35.2 Å². The van der Waals surface area contributed by atoms with Gasteiger partial charge in [-0.25, -0.2) is 4.98 Å². The van der Waals surface area contributed by atoms with Gasteiger partial charge in [-0.3, -0.25) is 4.79 Å². The molecule has 4 rings (SSSR count). The molecule has 2 aromatic carbocycles. The summed E-state index contributed by atoms with van der Waals surface area (Å²) in [7, 11) is 0. The highest BCUT2D eigenvalue weighted by atomic mass is 32.1. The Hall–Kier alpha value is -2.31. The van der Waals surface area contributed by atoms with Crippen molar-refractivity contribution >= 4 is 46.3 Å². The summed E-state index contributed by atoms with van der Waals surface area (Å²) in [4.78, 5) is 21.6. The van der Waals surface area contributed by atoms with E-state index in [9.17, 15) is 4.79 Å². The summed E-state index contributed by atoms with van der Waals surface area (Å²) in [5, 5.41) is 2.70. The number of aromatic nitrogens is 1. The van der Waals surface area contributed by atoms with Crippen molar-refractivity contribution in [3.05, 3.63) is 53.7 Å². The average molecular weight is 410 g/mol. The second-order valence-electron chi connectivity index (χ2n) is 7.37. The number of carbonyl (C=O) groups is 1. The maximum absolute atomic E-state index is 13.3. The number of piperidine rings is 1. The lowest BCUT2D eigenvalue weighted by atomic mass is 9.98. The Morgan fingerprint density at radius 1 is 1.21 bits per heavy atom. The number of nitrogens with two attached hydrogens (primary N) is 1. The van der Waals surface area contributed by atoms with E-state index in [1.165, 1.54) is 11.3 Å². The van der Waals surface area contributed by atoms with Gasteiger partial charge in [0, 0.05) is 23.5 Å². The lowest BCUT2D eigenvalue weighted by molar-refractivity contribution is 0.0693. The van der Waals surface area contributed by atoms with Gasteiger partial charge in [-0.15, -0.1) is 24.0 Å². The van der Waals surface area contributed by atoms with Gasteiger partial charge < -0.3 is 10.6 Å². The average Bonchev–Trinajstić information content (AvgIpc) is 3.14. The van der Waals surface area contributed by atoms with Crippen LogP contribution in [0.1, 0.15) is 35.3 Å². The van der Waals surface area contributed by atoms with Gasteiger partial charge in [-0.2, -0.15) is 0 Å². The smallest absolute Gasteiger partial charge is 0.274 e. The molecule has 2 N–H and O–H groups in total. The van der Waals surface area contributed by atoms with Crippen molar-refractivity contribution in [3.63, 3.8) is 0 Å². The van der Waals surface area contributed by atoms with E-state index in [2.05, 4.69) is 37.2 Å². The Morgan fingerprint density at radius 3 is 2.57 bits per heavy atom. The molecule has 1 aromatic heterocycles. The van der Waals surface area contributed by atoms with Crippen molar-refractivity contribution in [1.82, 2.24) is 9.88 Å². The second kappa shape index (κ2) is 7.60. The van der Waals surface area contributed by atoms with Gasteiger partial charge in [0.05, 0.1) is 10.6 Å². The summed E-state index contributed by atoms with van der Waals surface area (Å²) >= 11 is 6.01. The molecule has 1 saturated heterocycles. The summed E-state index contributed by atoms with van der Waals surface area (Å²) < 4.78 is 0. The molecule has 0 saturated carbocycles. The standard InChI is InChI=1S/C22H23N3OS2/c1-13-9-11-25(12-10-13)22(26)19-20(28-21(24-19)14(2)23)17-7-8-18(27)16-6-4-3-5-15(16)17/h3-8,13,27H,2,9-12,23H2,1H3. The van der Waals surface area contributed by atoms with E-state index < -0.39 is 0 Å². The quantitative estimate of drug-likeness (QED) is 0.595. The SMILES string of the molecule is C=C(N)c1nc(C(=O)N2CCC(C)CC2)c(-c2ccc(S)c3ccccc23)s1. The molecule has 144 valence electrons. The predicted octanol–water partition coefficient (Wildman–Crippen LogP) is 5.05. The Bertz CT molecular complexity index is 1060. The van der Waals surface area contributed by atoms with Crippen LogP contribution in [0.3, 0.4) is 0 Å². The Balaban J connectivity index is 1.85. The topological polar surface area (TPSA) is 59.2 Å². The maximum atomic E-state index is 13.3. The van der Waals surface area contributed by atoms with Gasteiger partial charge in [0.2, 0.25) is 0 Å². The number of benzene rings is 2. The van der Waals surface area contributed by atoms with E-state index in [-0.39, 0.29) is 5.91 Å². The molecule has 3 aromatic rings. The summed E-state index contributed by atoms with van der Waals surface area (Å²) in [5.74, 6) is 0.634. The number of thiazole rings is 1. The first-order chi connectivity index (χ1) is 13.5. The van der Waals surface area contributed by atoms with Crippen LogP contribution in [-0.2, 0) is 0 Å². The maximum Gasteiger partial charge on any atom is 0.274 e. The molecule has 1 aliphatic rings. The minimum Gasteiger partial charge on any atom is -0.397 e. The first-order valence-corrected chi connectivity index (χ1v) is 10.7. The van der Waals surface area contributed by atoms with Gasteiger partial charge in [-0.05, 0) is 35.6 Å². The highest BCUT2D eigenvalue weighted by molar-refractivity contribution is 7.80. The molecule has 0 bridgehead atoms. The van der Waals surface area contributed by atoms with E-state index in [4.69, 9.17) is 5.73 Å². The lowest BCUT2D eigenvalue weighted by Gasteiger charge is -2.30. The van der Waals surface area contributed by atoms with Gasteiger partial charge >= 0.3 is 0 Å². The van der Waals surface area contributed by atoms with E-state index in [0.29, 0.717) is 22.3 Å². The predicted molar refractivity (Wildman–Crippen MR) is 120 cm³/mol. The Kier molecular flexibility index (Phi) is 5.17. The van der Waals surface area contributed by atoms with Gasteiger partial charge in [0.15, 0.2) is 0 Å². The minimum absolute atomic E-state index is 0.0234. The van der Waals surface area contributed by atoms with Crippen molar-refractivity contribution in [2.45, 2.75) is 24.7 Å². The second-order valence-corrected chi connectivity index (χ2v) is 8.86. The number of amides is 1. The van der Waals surface area contributed by atoms with Crippen LogP contribution in [0.25, 0.3) is 26.9 Å². The molecule has 0 atom stereocenters. The number of thiol groups is 1. The van der Waals surface area contributed by atoms with Crippen molar-refractivity contribution in [2.75, 3.05) is 13.1 Å². The van der Waals surface area contributed by atoms with Crippen molar-refractivity contribution in [1.29, 1.82) is 0 Å². The molecule has 2 heterocycles. The summed E-state index contributed by atoms with van der Waals surface area (Å²) in [6.07, 6.45) is 2.05. The highest BCUT2D eigenvalue weighted by Gasteiger charge is 2.28. The fourth-order valence-electron chi connectivity index (χ4n) is 3.63. The number of hydrogen-bond acceptors (Lipinski definition) is 5. The molecule has 28 heavy (non-hydrogen) atoms. The first-order valence-electron chi connectivity index (χ1n) is 9.41. The molecule has 6 heteroatoms. The molecule has 4 nitrogen and oxygen atoms in total. The van der Waals surface area contributed by atoms with Gasteiger partial charge in [0.25, 0.3) is 5.91 Å². The molecule has 1 amide bonds. The van der Waals surface area contributed by atoms with Crippen LogP contribution in [-0.4, -0.2) is 28.9 Å². The zero-order valence-electron chi connectivity index (χ0n) is 15.8. The highest BCUT2D eigenvalue weighted by Crippen LogP contribution is 2.39. The van der Waals surface area contributed by atoms with Crippen molar-refractivity contribution in [3.8, 4) is 10.4 Å². The zero-order valence-corrected chi connectivity index (χ0v) is 17.5. The van der Waals surface area contributed by atoms with E-state index >= 15 is 0 Å². The van der Waals surface area contributed by atoms with Crippen LogP contribution in [0.15, 0.2) is 47.9 Å². The minimum atomic E-state index is -0.0234. The van der Waals surface area contributed by atoms with Gasteiger partial charge in [-0.1, -0.05) is 43.8 Å². The summed E-state index contributed by atoms with van der Waals surface area (Å²) in [5.41, 5.74) is 7.76. The van der Waals surface area contributed by atoms with Crippen molar-refractivity contribution < 1.29 is 4.79 Å². The third kappa shape index (κ3) is 3.42. The molecule has 1 aliphatic heterocycles. The van der Waals surface area contributed by atoms with Crippen LogP contribution in [0, 0.1) is 5.92 Å². The Labute approximate surface area is 174 Å². The fourth-order valence-corrected chi connectivity index (χ4v) is 4.88. The molecule has 0 aliphatic carbocycles. The van der Waals surface area contributed by atoms with Crippen LogP contribution in [0.2, 0.25) is 0 Å². The number of carbonyl (C=O) groups excluding carboxylic acids is 1. The van der Waals surface area contributed by atoms with Crippen LogP contribution in [0.4, 0.5) is 0 Å². The van der Waals surface area contributed by atoms with Crippen LogP contribution in [0.5, 0.6) is 0 Å².